The summed E-state index contributed by atoms with van der Waals surface area (Å²) in [5, 5.41) is 0.535. The van der Waals surface area contributed by atoms with E-state index in [0.717, 1.165) is 11.8 Å². The van der Waals surface area contributed by atoms with Gasteiger partial charge in [-0.25, -0.2) is 0 Å². The van der Waals surface area contributed by atoms with Crippen molar-refractivity contribution in [3.8, 4) is 5.75 Å². The molecule has 112 valence electrons. The third-order valence-electron chi connectivity index (χ3n) is 5.97. The molecule has 2 nitrogen and oxygen atoms in total. The molecule has 0 atom stereocenters. The molecule has 4 bridgehead atoms. The first kappa shape index (κ1) is 13.6. The van der Waals surface area contributed by atoms with E-state index in [1.54, 1.807) is 13.2 Å². The molecular formula is C18H21ClO2. The molecule has 5 rings (SSSR count). The van der Waals surface area contributed by atoms with Crippen LogP contribution in [0.3, 0.4) is 0 Å². The number of ether oxygens (including phenoxy) is 1. The third-order valence-corrected chi connectivity index (χ3v) is 6.28. The van der Waals surface area contributed by atoms with Crippen molar-refractivity contribution in [1.82, 2.24) is 0 Å². The topological polar surface area (TPSA) is 26.3 Å². The second kappa shape index (κ2) is 5.01. The number of halogens is 1. The van der Waals surface area contributed by atoms with Gasteiger partial charge in [-0.3, -0.25) is 4.79 Å². The van der Waals surface area contributed by atoms with Crippen LogP contribution in [-0.2, 0) is 0 Å². The molecule has 1 aromatic carbocycles. The van der Waals surface area contributed by atoms with Gasteiger partial charge in [0.1, 0.15) is 5.75 Å². The van der Waals surface area contributed by atoms with Gasteiger partial charge in [-0.1, -0.05) is 11.6 Å². The van der Waals surface area contributed by atoms with Crippen molar-refractivity contribution >= 4 is 17.4 Å². The molecule has 1 aromatic rings. The lowest BCUT2D eigenvalue weighted by Gasteiger charge is -2.53. The van der Waals surface area contributed by atoms with E-state index in [1.165, 1.54) is 32.1 Å². The Labute approximate surface area is 130 Å². The molecule has 0 N–H and O–H groups in total. The monoisotopic (exact) mass is 304 g/mol. The summed E-state index contributed by atoms with van der Waals surface area (Å²) in [6.45, 7) is 0. The Hall–Kier alpha value is -1.02. The largest absolute Gasteiger partial charge is 0.497 e. The fraction of sp³-hybridized carbons (Fsp3) is 0.611. The van der Waals surface area contributed by atoms with Crippen LogP contribution >= 0.6 is 11.6 Å². The molecule has 0 heterocycles. The molecule has 4 saturated carbocycles. The molecule has 0 radical (unpaired) electrons. The van der Waals surface area contributed by atoms with E-state index in [0.29, 0.717) is 28.2 Å². The Balaban J connectivity index is 1.63. The maximum absolute atomic E-state index is 13.0. The predicted octanol–water partition coefficient (Wildman–Crippen LogP) is 4.60. The highest BCUT2D eigenvalue weighted by molar-refractivity contribution is 6.34. The highest BCUT2D eigenvalue weighted by Gasteiger charge is 2.50. The first-order valence-corrected chi connectivity index (χ1v) is 8.41. The highest BCUT2D eigenvalue weighted by Crippen LogP contribution is 2.57. The maximum atomic E-state index is 13.0. The van der Waals surface area contributed by atoms with Gasteiger partial charge in [0.25, 0.3) is 0 Å². The lowest BCUT2D eigenvalue weighted by Crippen LogP contribution is -2.48. The Morgan fingerprint density at radius 2 is 1.71 bits per heavy atom. The summed E-state index contributed by atoms with van der Waals surface area (Å²) in [6.07, 6.45) is 6.46. The van der Waals surface area contributed by atoms with E-state index >= 15 is 0 Å². The van der Waals surface area contributed by atoms with E-state index in [2.05, 4.69) is 0 Å². The molecule has 0 spiro atoms. The normalized spacial score (nSPS) is 36.8. The van der Waals surface area contributed by atoms with Gasteiger partial charge in [-0.05, 0) is 74.0 Å². The van der Waals surface area contributed by atoms with Crippen LogP contribution in [0.5, 0.6) is 5.75 Å². The summed E-state index contributed by atoms with van der Waals surface area (Å²) in [4.78, 5) is 13.0. The zero-order valence-electron chi connectivity index (χ0n) is 12.3. The number of ketones is 1. The standard InChI is InChI=1S/C18H21ClO2/c1-21-14-2-3-15(16(19)9-14)18(20)17-12-5-10-4-11(7-12)8-13(17)6-10/h2-3,9-13,17H,4-8H2,1H3. The highest BCUT2D eigenvalue weighted by atomic mass is 35.5. The fourth-order valence-corrected chi connectivity index (χ4v) is 5.62. The van der Waals surface area contributed by atoms with Crippen LogP contribution in [0.15, 0.2) is 18.2 Å². The summed E-state index contributed by atoms with van der Waals surface area (Å²) in [5.74, 6) is 4.19. The first-order chi connectivity index (χ1) is 10.2. The van der Waals surface area contributed by atoms with Gasteiger partial charge in [-0.15, -0.1) is 0 Å². The molecule has 0 saturated heterocycles. The second-order valence-corrected chi connectivity index (χ2v) is 7.57. The zero-order chi connectivity index (χ0) is 14.6. The van der Waals surface area contributed by atoms with Crippen molar-refractivity contribution in [2.24, 2.45) is 29.6 Å². The van der Waals surface area contributed by atoms with Crippen LogP contribution in [0.1, 0.15) is 42.5 Å². The predicted molar refractivity (Wildman–Crippen MR) is 82.9 cm³/mol. The lowest BCUT2D eigenvalue weighted by molar-refractivity contribution is -0.0251. The quantitative estimate of drug-likeness (QED) is 0.763. The Kier molecular flexibility index (Phi) is 3.25. The smallest absolute Gasteiger partial charge is 0.167 e. The van der Waals surface area contributed by atoms with Crippen molar-refractivity contribution in [3.05, 3.63) is 28.8 Å². The van der Waals surface area contributed by atoms with Crippen LogP contribution < -0.4 is 4.74 Å². The van der Waals surface area contributed by atoms with E-state index in [4.69, 9.17) is 16.3 Å². The van der Waals surface area contributed by atoms with Crippen LogP contribution in [0.4, 0.5) is 0 Å². The summed E-state index contributed by atoms with van der Waals surface area (Å²) < 4.78 is 5.17. The van der Waals surface area contributed by atoms with Gasteiger partial charge in [0, 0.05) is 11.5 Å². The maximum Gasteiger partial charge on any atom is 0.167 e. The summed E-state index contributed by atoms with van der Waals surface area (Å²) in [7, 11) is 1.62. The Morgan fingerprint density at radius 1 is 1.10 bits per heavy atom. The average Bonchev–Trinajstić information content (AvgIpc) is 2.45. The van der Waals surface area contributed by atoms with Gasteiger partial charge >= 0.3 is 0 Å². The molecule has 3 heteroatoms. The summed E-state index contributed by atoms with van der Waals surface area (Å²) in [5.41, 5.74) is 0.690. The van der Waals surface area contributed by atoms with Crippen molar-refractivity contribution in [3.63, 3.8) is 0 Å². The summed E-state index contributed by atoms with van der Waals surface area (Å²) in [6, 6.07) is 5.44. The zero-order valence-corrected chi connectivity index (χ0v) is 13.1. The van der Waals surface area contributed by atoms with Crippen LogP contribution in [0, 0.1) is 29.6 Å². The number of hydrogen-bond acceptors (Lipinski definition) is 2. The van der Waals surface area contributed by atoms with Crippen molar-refractivity contribution in [1.29, 1.82) is 0 Å². The molecule has 0 aliphatic heterocycles. The average molecular weight is 305 g/mol. The van der Waals surface area contributed by atoms with Gasteiger partial charge in [-0.2, -0.15) is 0 Å². The number of rotatable bonds is 3. The summed E-state index contributed by atoms with van der Waals surface area (Å²) >= 11 is 6.32. The number of carbonyl (C=O) groups is 1. The molecule has 0 unspecified atom stereocenters. The molecule has 21 heavy (non-hydrogen) atoms. The van der Waals surface area contributed by atoms with Crippen molar-refractivity contribution < 1.29 is 9.53 Å². The Morgan fingerprint density at radius 3 is 2.24 bits per heavy atom. The van der Waals surface area contributed by atoms with E-state index in [-0.39, 0.29) is 11.7 Å². The van der Waals surface area contributed by atoms with Gasteiger partial charge < -0.3 is 4.74 Å². The lowest BCUT2D eigenvalue weighted by atomic mass is 9.51. The van der Waals surface area contributed by atoms with E-state index in [9.17, 15) is 4.79 Å². The number of hydrogen-bond donors (Lipinski definition) is 0. The van der Waals surface area contributed by atoms with Gasteiger partial charge in [0.15, 0.2) is 5.78 Å². The molecule has 4 aliphatic carbocycles. The SMILES string of the molecule is COc1ccc(C(=O)C2C3CC4CC(C3)CC2C4)c(Cl)c1. The van der Waals surface area contributed by atoms with Gasteiger partial charge in [0.05, 0.1) is 12.1 Å². The van der Waals surface area contributed by atoms with Gasteiger partial charge in [0.2, 0.25) is 0 Å². The molecule has 0 aromatic heterocycles. The minimum absolute atomic E-state index is 0.212. The van der Waals surface area contributed by atoms with Crippen molar-refractivity contribution in [2.75, 3.05) is 7.11 Å². The molecule has 4 aliphatic rings. The molecule has 4 fully saturated rings. The Bertz CT molecular complexity index is 553. The number of methoxy groups -OCH3 is 1. The van der Waals surface area contributed by atoms with Crippen LogP contribution in [0.2, 0.25) is 5.02 Å². The minimum Gasteiger partial charge on any atom is -0.497 e. The van der Waals surface area contributed by atoms with E-state index < -0.39 is 0 Å². The van der Waals surface area contributed by atoms with Crippen molar-refractivity contribution in [2.45, 2.75) is 32.1 Å². The number of Topliss-reactive ketones (excluding diaryl/α,β-unsaturated/α-hetero) is 1. The fourth-order valence-electron chi connectivity index (χ4n) is 5.36. The third kappa shape index (κ3) is 2.19. The second-order valence-electron chi connectivity index (χ2n) is 7.17. The molecule has 0 amide bonds. The van der Waals surface area contributed by atoms with Crippen LogP contribution in [-0.4, -0.2) is 12.9 Å². The minimum atomic E-state index is 0.212. The number of benzene rings is 1. The molecular weight excluding hydrogens is 284 g/mol. The van der Waals surface area contributed by atoms with Crippen LogP contribution in [0.25, 0.3) is 0 Å². The first-order valence-electron chi connectivity index (χ1n) is 8.03. The number of carbonyl (C=O) groups excluding carboxylic acids is 1. The van der Waals surface area contributed by atoms with E-state index in [1.807, 2.05) is 12.1 Å².